The van der Waals surface area contributed by atoms with Gasteiger partial charge in [0.1, 0.15) is 5.75 Å². The summed E-state index contributed by atoms with van der Waals surface area (Å²) in [7, 11) is 0. The summed E-state index contributed by atoms with van der Waals surface area (Å²) < 4.78 is 5.67. The molecule has 4 amide bonds. The van der Waals surface area contributed by atoms with E-state index in [0.717, 1.165) is 4.90 Å². The number of amides is 4. The van der Waals surface area contributed by atoms with Crippen LogP contribution in [0.5, 0.6) is 5.75 Å². The highest BCUT2D eigenvalue weighted by Crippen LogP contribution is 2.29. The number of imide groups is 1. The van der Waals surface area contributed by atoms with Crippen molar-refractivity contribution >= 4 is 29.3 Å². The summed E-state index contributed by atoms with van der Waals surface area (Å²) >= 11 is 0. The smallest absolute Gasteiger partial charge is 0.265 e. The summed E-state index contributed by atoms with van der Waals surface area (Å²) in [6, 6.07) is 13.7. The lowest BCUT2D eigenvalue weighted by molar-refractivity contribution is -0.125. The summed E-state index contributed by atoms with van der Waals surface area (Å²) in [4.78, 5) is 49.8. The molecule has 0 radical (unpaired) electrons. The molecule has 0 saturated heterocycles. The lowest BCUT2D eigenvalue weighted by Gasteiger charge is -2.25. The molecule has 0 aromatic heterocycles. The van der Waals surface area contributed by atoms with Gasteiger partial charge in [-0.05, 0) is 24.3 Å². The maximum Gasteiger partial charge on any atom is 0.265 e. The molecule has 2 aromatic carbocycles. The number of para-hydroxylation sites is 2. The van der Waals surface area contributed by atoms with E-state index < -0.39 is 6.10 Å². The van der Waals surface area contributed by atoms with Crippen molar-refractivity contribution in [2.45, 2.75) is 18.9 Å². The summed E-state index contributed by atoms with van der Waals surface area (Å²) in [5.41, 5.74) is 1.34. The van der Waals surface area contributed by atoms with Crippen LogP contribution in [0.1, 0.15) is 33.6 Å². The number of nitrogens with zero attached hydrogens (tertiary/aromatic N) is 1. The van der Waals surface area contributed by atoms with Gasteiger partial charge in [0.25, 0.3) is 17.7 Å². The molecule has 0 saturated carbocycles. The monoisotopic (exact) mass is 393 g/mol. The molecular formula is C21H19N3O5. The number of carbonyl (C=O) groups is 4. The van der Waals surface area contributed by atoms with Gasteiger partial charge >= 0.3 is 0 Å². The third-order valence-corrected chi connectivity index (χ3v) is 4.88. The molecule has 2 heterocycles. The number of nitrogens with one attached hydrogen (secondary N) is 2. The van der Waals surface area contributed by atoms with Crippen LogP contribution in [-0.4, -0.2) is 47.7 Å². The Bertz CT molecular complexity index is 968. The van der Waals surface area contributed by atoms with E-state index in [2.05, 4.69) is 10.6 Å². The number of hydrogen-bond acceptors (Lipinski definition) is 5. The average Bonchev–Trinajstić information content (AvgIpc) is 2.97. The van der Waals surface area contributed by atoms with Crippen molar-refractivity contribution in [3.8, 4) is 5.75 Å². The second-order valence-corrected chi connectivity index (χ2v) is 6.79. The molecule has 0 bridgehead atoms. The fourth-order valence-corrected chi connectivity index (χ4v) is 3.37. The van der Waals surface area contributed by atoms with E-state index in [9.17, 15) is 19.2 Å². The summed E-state index contributed by atoms with van der Waals surface area (Å²) in [5.74, 6) is -0.745. The Balaban J connectivity index is 1.24. The topological polar surface area (TPSA) is 105 Å². The first-order chi connectivity index (χ1) is 14.0. The molecule has 2 aliphatic heterocycles. The Morgan fingerprint density at radius 3 is 2.38 bits per heavy atom. The van der Waals surface area contributed by atoms with E-state index in [1.165, 1.54) is 0 Å². The van der Waals surface area contributed by atoms with Crippen molar-refractivity contribution in [3.63, 3.8) is 0 Å². The molecule has 8 heteroatoms. The number of rotatable bonds is 6. The van der Waals surface area contributed by atoms with Crippen LogP contribution in [0.2, 0.25) is 0 Å². The van der Waals surface area contributed by atoms with Crippen LogP contribution >= 0.6 is 0 Å². The van der Waals surface area contributed by atoms with Crippen molar-refractivity contribution in [3.05, 3.63) is 59.7 Å². The molecule has 4 rings (SSSR count). The van der Waals surface area contributed by atoms with Gasteiger partial charge in [-0.2, -0.15) is 0 Å². The van der Waals surface area contributed by atoms with Crippen LogP contribution in [0.4, 0.5) is 5.69 Å². The largest absolute Gasteiger partial charge is 0.478 e. The minimum atomic E-state index is -0.693. The fourth-order valence-electron chi connectivity index (χ4n) is 3.37. The number of anilines is 1. The van der Waals surface area contributed by atoms with Crippen molar-refractivity contribution in [1.29, 1.82) is 0 Å². The molecule has 1 atom stereocenters. The number of ether oxygens (including phenoxy) is 1. The third kappa shape index (κ3) is 3.69. The molecule has 2 aromatic rings. The van der Waals surface area contributed by atoms with Gasteiger partial charge in [-0.1, -0.05) is 24.3 Å². The van der Waals surface area contributed by atoms with E-state index in [1.807, 2.05) is 6.07 Å². The quantitative estimate of drug-likeness (QED) is 0.725. The second kappa shape index (κ2) is 7.75. The minimum Gasteiger partial charge on any atom is -0.478 e. The third-order valence-electron chi connectivity index (χ3n) is 4.88. The van der Waals surface area contributed by atoms with Crippen LogP contribution in [0.3, 0.4) is 0 Å². The Hall–Kier alpha value is -3.68. The van der Waals surface area contributed by atoms with Crippen molar-refractivity contribution in [1.82, 2.24) is 10.2 Å². The van der Waals surface area contributed by atoms with E-state index in [4.69, 9.17) is 4.74 Å². The first-order valence-electron chi connectivity index (χ1n) is 9.33. The SMILES string of the molecule is O=C(CCN1C(=O)c2ccccc2C1=O)NCCC1Oc2ccccc2NC1=O. The van der Waals surface area contributed by atoms with Gasteiger partial charge in [-0.15, -0.1) is 0 Å². The molecule has 29 heavy (non-hydrogen) atoms. The van der Waals surface area contributed by atoms with Crippen molar-refractivity contribution < 1.29 is 23.9 Å². The zero-order valence-electron chi connectivity index (χ0n) is 15.5. The first-order valence-corrected chi connectivity index (χ1v) is 9.33. The van der Waals surface area contributed by atoms with Gasteiger partial charge in [0.15, 0.2) is 6.10 Å². The number of fused-ring (bicyclic) bond motifs is 2. The van der Waals surface area contributed by atoms with Crippen LogP contribution in [0.25, 0.3) is 0 Å². The second-order valence-electron chi connectivity index (χ2n) is 6.79. The molecule has 0 fully saturated rings. The number of hydrogen-bond donors (Lipinski definition) is 2. The maximum absolute atomic E-state index is 12.3. The van der Waals surface area contributed by atoms with Gasteiger partial charge in [0.2, 0.25) is 5.91 Å². The molecule has 148 valence electrons. The highest BCUT2D eigenvalue weighted by Gasteiger charge is 2.35. The highest BCUT2D eigenvalue weighted by atomic mass is 16.5. The van der Waals surface area contributed by atoms with Gasteiger partial charge < -0.3 is 15.4 Å². The van der Waals surface area contributed by atoms with Gasteiger partial charge in [0, 0.05) is 25.9 Å². The molecule has 2 N–H and O–H groups in total. The Morgan fingerprint density at radius 2 is 1.66 bits per heavy atom. The normalized spacial score (nSPS) is 17.3. The van der Waals surface area contributed by atoms with Crippen molar-refractivity contribution in [2.24, 2.45) is 0 Å². The van der Waals surface area contributed by atoms with Gasteiger partial charge in [-0.25, -0.2) is 0 Å². The molecule has 8 nitrogen and oxygen atoms in total. The van der Waals surface area contributed by atoms with Crippen LogP contribution in [0.15, 0.2) is 48.5 Å². The average molecular weight is 393 g/mol. The van der Waals surface area contributed by atoms with E-state index in [0.29, 0.717) is 29.0 Å². The minimum absolute atomic E-state index is 0.00592. The summed E-state index contributed by atoms with van der Waals surface area (Å²) in [5, 5.41) is 5.47. The molecule has 2 aliphatic rings. The van der Waals surface area contributed by atoms with Crippen LogP contribution in [0, 0.1) is 0 Å². The zero-order chi connectivity index (χ0) is 20.4. The predicted molar refractivity (Wildman–Crippen MR) is 104 cm³/mol. The van der Waals surface area contributed by atoms with Gasteiger partial charge in [-0.3, -0.25) is 24.1 Å². The molecular weight excluding hydrogens is 374 g/mol. The Labute approximate surface area is 166 Å². The molecule has 0 spiro atoms. The number of carbonyl (C=O) groups excluding carboxylic acids is 4. The highest BCUT2D eigenvalue weighted by molar-refractivity contribution is 6.21. The maximum atomic E-state index is 12.3. The standard InChI is InChI=1S/C21H19N3O5/c25-18(10-12-24-20(27)13-5-1-2-6-14(13)21(24)28)22-11-9-17-19(26)23-15-7-3-4-8-16(15)29-17/h1-8,17H,9-12H2,(H,22,25)(H,23,26). The lowest BCUT2D eigenvalue weighted by Crippen LogP contribution is -2.40. The van der Waals surface area contributed by atoms with Crippen LogP contribution < -0.4 is 15.4 Å². The lowest BCUT2D eigenvalue weighted by atomic mass is 10.1. The Morgan fingerprint density at radius 1 is 1.00 bits per heavy atom. The van der Waals surface area contributed by atoms with E-state index >= 15 is 0 Å². The number of benzene rings is 2. The van der Waals surface area contributed by atoms with E-state index in [-0.39, 0.29) is 43.1 Å². The zero-order valence-corrected chi connectivity index (χ0v) is 15.5. The summed E-state index contributed by atoms with van der Waals surface area (Å²) in [6.07, 6.45) is -0.397. The predicted octanol–water partition coefficient (Wildman–Crippen LogP) is 1.58. The van der Waals surface area contributed by atoms with E-state index in [1.54, 1.807) is 42.5 Å². The van der Waals surface area contributed by atoms with Gasteiger partial charge in [0.05, 0.1) is 16.8 Å². The fraction of sp³-hybridized carbons (Fsp3) is 0.238. The first kappa shape index (κ1) is 18.7. The van der Waals surface area contributed by atoms with Crippen molar-refractivity contribution in [2.75, 3.05) is 18.4 Å². The Kier molecular flexibility index (Phi) is 4.99. The molecule has 0 aliphatic carbocycles. The summed E-state index contributed by atoms with van der Waals surface area (Å²) in [6.45, 7) is 0.243. The van der Waals surface area contributed by atoms with Crippen LogP contribution in [-0.2, 0) is 9.59 Å². The molecule has 1 unspecified atom stereocenters.